The third-order valence-electron chi connectivity index (χ3n) is 5.85. The number of ether oxygens (including phenoxy) is 1. The first-order valence-electron chi connectivity index (χ1n) is 10.2. The molecular weight excluding hydrogens is 386 g/mol. The van der Waals surface area contributed by atoms with Crippen LogP contribution in [0.3, 0.4) is 0 Å². The Morgan fingerprint density at radius 1 is 1.03 bits per heavy atom. The average Bonchev–Trinajstić information content (AvgIpc) is 3.06. The van der Waals surface area contributed by atoms with Crippen LogP contribution in [0.1, 0.15) is 48.8 Å². The topological polar surface area (TPSA) is 56.1 Å². The average molecular weight is 410 g/mol. The predicted octanol–water partition coefficient (Wildman–Crippen LogP) is 4.37. The first-order valence-corrected chi connectivity index (χ1v) is 10.5. The molecule has 7 heteroatoms. The Balaban J connectivity index is 1.38. The Bertz CT molecular complexity index is 998. The van der Waals surface area contributed by atoms with Crippen molar-refractivity contribution in [2.24, 2.45) is 0 Å². The van der Waals surface area contributed by atoms with Gasteiger partial charge >= 0.3 is 0 Å². The highest BCUT2D eigenvalue weighted by Gasteiger charge is 2.30. The fourth-order valence-corrected chi connectivity index (χ4v) is 4.67. The molecule has 2 aliphatic rings. The summed E-state index contributed by atoms with van der Waals surface area (Å²) in [5.41, 5.74) is 2.37. The number of fused-ring (bicyclic) bond motifs is 3. The van der Waals surface area contributed by atoms with Crippen LogP contribution in [0.25, 0.3) is 5.69 Å². The highest BCUT2D eigenvalue weighted by molar-refractivity contribution is 6.30. The van der Waals surface area contributed by atoms with Crippen LogP contribution in [-0.2, 0) is 13.1 Å². The fourth-order valence-electron chi connectivity index (χ4n) is 4.47. The van der Waals surface area contributed by atoms with Crippen LogP contribution in [0.4, 0.5) is 0 Å². The van der Waals surface area contributed by atoms with Gasteiger partial charge < -0.3 is 4.74 Å². The van der Waals surface area contributed by atoms with Crippen LogP contribution in [0.5, 0.6) is 5.88 Å². The number of hydrogen-bond donors (Lipinski definition) is 0. The first kappa shape index (κ1) is 18.6. The number of halogens is 1. The molecule has 3 aromatic rings. The van der Waals surface area contributed by atoms with Crippen molar-refractivity contribution < 1.29 is 4.74 Å². The Labute approximate surface area is 175 Å². The van der Waals surface area contributed by atoms with Gasteiger partial charge in [-0.15, -0.1) is 10.2 Å². The van der Waals surface area contributed by atoms with Gasteiger partial charge in [-0.05, 0) is 62.6 Å². The van der Waals surface area contributed by atoms with Gasteiger partial charge in [0.15, 0.2) is 5.82 Å². The second kappa shape index (κ2) is 7.76. The molecule has 1 saturated carbocycles. The van der Waals surface area contributed by atoms with Crippen LogP contribution < -0.4 is 4.74 Å². The summed E-state index contributed by atoms with van der Waals surface area (Å²) < 4.78 is 8.33. The molecule has 29 heavy (non-hydrogen) atoms. The van der Waals surface area contributed by atoms with Crippen molar-refractivity contribution >= 4 is 11.6 Å². The maximum atomic E-state index is 6.27. The van der Waals surface area contributed by atoms with E-state index in [1.807, 2.05) is 24.3 Å². The van der Waals surface area contributed by atoms with Gasteiger partial charge in [-0.3, -0.25) is 9.47 Å². The number of aromatic nitrogens is 4. The summed E-state index contributed by atoms with van der Waals surface area (Å²) in [4.78, 5) is 6.54. The lowest BCUT2D eigenvalue weighted by molar-refractivity contribution is 0.139. The number of rotatable bonds is 3. The molecular formula is C22H24ClN5O. The van der Waals surface area contributed by atoms with Crippen molar-refractivity contribution in [2.75, 3.05) is 7.05 Å². The third-order valence-corrected chi connectivity index (χ3v) is 6.09. The Morgan fingerprint density at radius 3 is 2.69 bits per heavy atom. The van der Waals surface area contributed by atoms with Crippen LogP contribution in [0, 0.1) is 0 Å². The summed E-state index contributed by atoms with van der Waals surface area (Å²) in [6, 6.07) is 11.9. The maximum Gasteiger partial charge on any atom is 0.213 e. The second-order valence-corrected chi connectivity index (χ2v) is 8.45. The van der Waals surface area contributed by atoms with Crippen molar-refractivity contribution in [1.82, 2.24) is 24.6 Å². The van der Waals surface area contributed by atoms with Gasteiger partial charge in [-0.1, -0.05) is 17.7 Å². The molecule has 0 atom stereocenters. The van der Waals surface area contributed by atoms with Crippen LogP contribution in [0.15, 0.2) is 42.6 Å². The molecule has 150 valence electrons. The minimum atomic E-state index is 0.213. The van der Waals surface area contributed by atoms with E-state index in [1.165, 1.54) is 5.56 Å². The van der Waals surface area contributed by atoms with Crippen molar-refractivity contribution in [2.45, 2.75) is 50.8 Å². The Kier molecular flexibility index (Phi) is 4.97. The standard InChI is InChI=1S/C22H24ClN5O/c1-27-13-16-12-17(23)7-10-19(16)28-20(14-27)25-26-22(28)15-5-8-18(9-6-15)29-21-4-2-3-11-24-21/h2-4,7,10-12,15,18H,5-6,8-9,13-14H2,1H3. The van der Waals surface area contributed by atoms with Gasteiger partial charge in [0.2, 0.25) is 5.88 Å². The van der Waals surface area contributed by atoms with E-state index < -0.39 is 0 Å². The maximum absolute atomic E-state index is 6.27. The van der Waals surface area contributed by atoms with E-state index in [0.29, 0.717) is 11.8 Å². The summed E-state index contributed by atoms with van der Waals surface area (Å²) in [6.45, 7) is 1.63. The number of hydrogen-bond acceptors (Lipinski definition) is 5. The van der Waals surface area contributed by atoms with Crippen molar-refractivity contribution in [1.29, 1.82) is 0 Å². The van der Waals surface area contributed by atoms with E-state index in [1.54, 1.807) is 6.20 Å². The smallest absolute Gasteiger partial charge is 0.213 e. The fraction of sp³-hybridized carbons (Fsp3) is 0.409. The third kappa shape index (κ3) is 3.74. The van der Waals surface area contributed by atoms with Gasteiger partial charge in [0.25, 0.3) is 0 Å². The van der Waals surface area contributed by atoms with Crippen molar-refractivity contribution in [3.8, 4) is 11.6 Å². The number of pyridine rings is 1. The number of nitrogens with zero attached hydrogens (tertiary/aromatic N) is 5. The molecule has 3 heterocycles. The number of benzene rings is 1. The summed E-state index contributed by atoms with van der Waals surface area (Å²) in [6.07, 6.45) is 6.05. The highest BCUT2D eigenvalue weighted by Crippen LogP contribution is 2.36. The van der Waals surface area contributed by atoms with Gasteiger partial charge in [-0.25, -0.2) is 4.98 Å². The molecule has 6 nitrogen and oxygen atoms in total. The van der Waals surface area contributed by atoms with Crippen LogP contribution >= 0.6 is 11.6 Å². The molecule has 0 radical (unpaired) electrons. The minimum Gasteiger partial charge on any atom is -0.474 e. The molecule has 0 N–H and O–H groups in total. The van der Waals surface area contributed by atoms with Gasteiger partial charge in [-0.2, -0.15) is 0 Å². The second-order valence-electron chi connectivity index (χ2n) is 8.01. The molecule has 0 saturated heterocycles. The molecule has 2 aromatic heterocycles. The zero-order valence-corrected chi connectivity index (χ0v) is 17.2. The Hall–Kier alpha value is -2.44. The molecule has 1 aliphatic heterocycles. The summed E-state index contributed by atoms with van der Waals surface area (Å²) in [7, 11) is 2.11. The van der Waals surface area contributed by atoms with E-state index >= 15 is 0 Å². The van der Waals surface area contributed by atoms with E-state index in [4.69, 9.17) is 16.3 Å². The lowest BCUT2D eigenvalue weighted by atomic mass is 9.86. The summed E-state index contributed by atoms with van der Waals surface area (Å²) >= 11 is 6.27. The van der Waals surface area contributed by atoms with Crippen LogP contribution in [0.2, 0.25) is 5.02 Å². The largest absolute Gasteiger partial charge is 0.474 e. The summed E-state index contributed by atoms with van der Waals surface area (Å²) in [5, 5.41) is 9.94. The van der Waals surface area contributed by atoms with Gasteiger partial charge in [0.1, 0.15) is 11.9 Å². The zero-order chi connectivity index (χ0) is 19.8. The molecule has 0 bridgehead atoms. The lowest BCUT2D eigenvalue weighted by Crippen LogP contribution is -2.25. The first-order chi connectivity index (χ1) is 14.2. The monoisotopic (exact) mass is 409 g/mol. The predicted molar refractivity (Wildman–Crippen MR) is 111 cm³/mol. The highest BCUT2D eigenvalue weighted by atomic mass is 35.5. The zero-order valence-electron chi connectivity index (χ0n) is 16.5. The lowest BCUT2D eigenvalue weighted by Gasteiger charge is -2.28. The van der Waals surface area contributed by atoms with Gasteiger partial charge in [0.05, 0.1) is 12.2 Å². The van der Waals surface area contributed by atoms with E-state index in [9.17, 15) is 0 Å². The SMILES string of the molecule is CN1Cc2cc(Cl)ccc2-n2c(nnc2C2CCC(Oc3ccccn3)CC2)C1. The molecule has 0 spiro atoms. The summed E-state index contributed by atoms with van der Waals surface area (Å²) in [5.74, 6) is 3.15. The van der Waals surface area contributed by atoms with E-state index in [0.717, 1.165) is 61.1 Å². The Morgan fingerprint density at radius 2 is 1.90 bits per heavy atom. The molecule has 1 aliphatic carbocycles. The van der Waals surface area contributed by atoms with Crippen LogP contribution in [-0.4, -0.2) is 37.8 Å². The molecule has 1 aromatic carbocycles. The molecule has 5 rings (SSSR count). The van der Waals surface area contributed by atoms with E-state index in [2.05, 4.69) is 43.8 Å². The normalized spacial score (nSPS) is 21.9. The molecule has 0 unspecified atom stereocenters. The molecule has 1 fully saturated rings. The minimum absolute atomic E-state index is 0.213. The van der Waals surface area contributed by atoms with Crippen molar-refractivity contribution in [3.63, 3.8) is 0 Å². The quantitative estimate of drug-likeness (QED) is 0.643. The molecule has 0 amide bonds. The van der Waals surface area contributed by atoms with E-state index in [-0.39, 0.29) is 6.10 Å². The van der Waals surface area contributed by atoms with Gasteiger partial charge in [0, 0.05) is 29.7 Å². The van der Waals surface area contributed by atoms with Crippen molar-refractivity contribution in [3.05, 3.63) is 64.8 Å².